The summed E-state index contributed by atoms with van der Waals surface area (Å²) in [6, 6.07) is 10.0. The van der Waals surface area contributed by atoms with Gasteiger partial charge in [0.1, 0.15) is 11.6 Å². The van der Waals surface area contributed by atoms with Crippen LogP contribution in [0, 0.1) is 5.82 Å². The first-order valence-electron chi connectivity index (χ1n) is 6.48. The molecule has 2 rings (SSSR count). The minimum Gasteiger partial charge on any atom is -0.497 e. The van der Waals surface area contributed by atoms with Crippen molar-refractivity contribution in [1.82, 2.24) is 0 Å². The molecule has 2 aromatic carbocycles. The third-order valence-corrected chi connectivity index (χ3v) is 3.16. The number of hydrogen-bond acceptors (Lipinski definition) is 4. The summed E-state index contributed by atoms with van der Waals surface area (Å²) >= 11 is 0. The second kappa shape index (κ2) is 6.26. The molecule has 0 fully saturated rings. The number of anilines is 2. The van der Waals surface area contributed by atoms with Crippen LogP contribution in [0.5, 0.6) is 5.75 Å². The van der Waals surface area contributed by atoms with Gasteiger partial charge in [0, 0.05) is 17.8 Å². The molecule has 0 radical (unpaired) electrons. The zero-order valence-corrected chi connectivity index (χ0v) is 11.9. The Hall–Kier alpha value is -2.56. The van der Waals surface area contributed by atoms with Gasteiger partial charge in [-0.15, -0.1) is 0 Å². The van der Waals surface area contributed by atoms with Gasteiger partial charge in [-0.25, -0.2) is 4.39 Å². The summed E-state index contributed by atoms with van der Waals surface area (Å²) < 4.78 is 18.9. The fourth-order valence-electron chi connectivity index (χ4n) is 1.97. The lowest BCUT2D eigenvalue weighted by Gasteiger charge is -2.11. The molecule has 0 aliphatic carbocycles. The Morgan fingerprint density at radius 3 is 2.52 bits per heavy atom. The average Bonchev–Trinajstić information content (AvgIpc) is 2.46. The number of Topliss-reactive ketones (excluding diaryl/α,β-unsaturated/α-hetero) is 1. The minimum absolute atomic E-state index is 0.148. The largest absolute Gasteiger partial charge is 0.497 e. The van der Waals surface area contributed by atoms with Crippen LogP contribution in [-0.2, 0) is 6.54 Å². The number of ether oxygens (including phenoxy) is 1. The molecule has 0 aromatic heterocycles. The van der Waals surface area contributed by atoms with Gasteiger partial charge in [0.25, 0.3) is 0 Å². The van der Waals surface area contributed by atoms with Crippen LogP contribution in [-0.4, -0.2) is 12.9 Å². The molecule has 0 unspecified atom stereocenters. The van der Waals surface area contributed by atoms with Crippen LogP contribution in [0.1, 0.15) is 22.8 Å². The zero-order chi connectivity index (χ0) is 15.4. The second-order valence-corrected chi connectivity index (χ2v) is 4.68. The highest BCUT2D eigenvalue weighted by molar-refractivity contribution is 6.00. The van der Waals surface area contributed by atoms with E-state index in [2.05, 4.69) is 5.32 Å². The molecule has 5 heteroatoms. The maximum atomic E-state index is 13.8. The zero-order valence-electron chi connectivity index (χ0n) is 11.9. The topological polar surface area (TPSA) is 64.3 Å². The number of rotatable bonds is 5. The van der Waals surface area contributed by atoms with E-state index in [9.17, 15) is 9.18 Å². The van der Waals surface area contributed by atoms with Crippen LogP contribution in [0.4, 0.5) is 15.8 Å². The maximum absolute atomic E-state index is 13.8. The summed E-state index contributed by atoms with van der Waals surface area (Å²) in [5.74, 6) is 0.0855. The fraction of sp³-hybridized carbons (Fsp3) is 0.188. The third kappa shape index (κ3) is 3.51. The van der Waals surface area contributed by atoms with Crippen LogP contribution in [0.15, 0.2) is 36.4 Å². The number of ketones is 1. The van der Waals surface area contributed by atoms with Gasteiger partial charge in [-0.1, -0.05) is 12.1 Å². The van der Waals surface area contributed by atoms with Crippen molar-refractivity contribution in [2.75, 3.05) is 18.2 Å². The number of halogens is 1. The van der Waals surface area contributed by atoms with Crippen molar-refractivity contribution in [3.8, 4) is 5.75 Å². The molecular weight excluding hydrogens is 271 g/mol. The fourth-order valence-corrected chi connectivity index (χ4v) is 1.97. The van der Waals surface area contributed by atoms with Gasteiger partial charge < -0.3 is 15.8 Å². The van der Waals surface area contributed by atoms with Gasteiger partial charge in [-0.3, -0.25) is 4.79 Å². The lowest BCUT2D eigenvalue weighted by molar-refractivity contribution is 0.101. The average molecular weight is 288 g/mol. The van der Waals surface area contributed by atoms with Gasteiger partial charge >= 0.3 is 0 Å². The van der Waals surface area contributed by atoms with E-state index in [1.54, 1.807) is 7.11 Å². The molecule has 21 heavy (non-hydrogen) atoms. The number of carbonyl (C=O) groups excluding carboxylic acids is 1. The minimum atomic E-state index is -0.481. The smallest absolute Gasteiger partial charge is 0.161 e. The molecule has 0 aliphatic rings. The lowest BCUT2D eigenvalue weighted by Crippen LogP contribution is -2.06. The van der Waals surface area contributed by atoms with Crippen molar-refractivity contribution < 1.29 is 13.9 Å². The highest BCUT2D eigenvalue weighted by Gasteiger charge is 2.11. The molecule has 0 heterocycles. The van der Waals surface area contributed by atoms with Crippen molar-refractivity contribution in [3.63, 3.8) is 0 Å². The van der Waals surface area contributed by atoms with E-state index < -0.39 is 5.82 Å². The third-order valence-electron chi connectivity index (χ3n) is 3.16. The quantitative estimate of drug-likeness (QED) is 0.655. The SMILES string of the molecule is COc1ccc(CNc2cc(C(C)=O)c(N)cc2F)cc1. The van der Waals surface area contributed by atoms with Gasteiger partial charge in [-0.2, -0.15) is 0 Å². The second-order valence-electron chi connectivity index (χ2n) is 4.68. The molecule has 0 spiro atoms. The molecule has 4 nitrogen and oxygen atoms in total. The van der Waals surface area contributed by atoms with Crippen molar-refractivity contribution in [1.29, 1.82) is 0 Å². The van der Waals surface area contributed by atoms with E-state index in [1.165, 1.54) is 13.0 Å². The molecule has 110 valence electrons. The Morgan fingerprint density at radius 1 is 1.29 bits per heavy atom. The Labute approximate surface area is 122 Å². The number of nitrogens with one attached hydrogen (secondary N) is 1. The van der Waals surface area contributed by atoms with Gasteiger partial charge in [0.05, 0.1) is 12.8 Å². The predicted octanol–water partition coefficient (Wildman–Crippen LogP) is 3.23. The van der Waals surface area contributed by atoms with Crippen LogP contribution in [0.2, 0.25) is 0 Å². The summed E-state index contributed by atoms with van der Waals surface area (Å²) in [6.07, 6.45) is 0. The van der Waals surface area contributed by atoms with E-state index in [0.717, 1.165) is 17.4 Å². The van der Waals surface area contributed by atoms with Crippen molar-refractivity contribution in [3.05, 3.63) is 53.3 Å². The molecule has 0 saturated carbocycles. The number of methoxy groups -OCH3 is 1. The van der Waals surface area contributed by atoms with E-state index in [4.69, 9.17) is 10.5 Å². The molecule has 0 saturated heterocycles. The number of benzene rings is 2. The van der Waals surface area contributed by atoms with Crippen molar-refractivity contribution >= 4 is 17.2 Å². The van der Waals surface area contributed by atoms with E-state index >= 15 is 0 Å². The molecule has 3 N–H and O–H groups in total. The van der Waals surface area contributed by atoms with Gasteiger partial charge in [-0.05, 0) is 36.8 Å². The highest BCUT2D eigenvalue weighted by Crippen LogP contribution is 2.23. The molecule has 0 atom stereocenters. The number of hydrogen-bond donors (Lipinski definition) is 2. The van der Waals surface area contributed by atoms with Gasteiger partial charge in [0.15, 0.2) is 5.78 Å². The standard InChI is InChI=1S/C16H17FN2O2/c1-10(20)13-7-16(14(17)8-15(13)18)19-9-11-3-5-12(21-2)6-4-11/h3-8,19H,9,18H2,1-2H3. The van der Waals surface area contributed by atoms with Crippen LogP contribution in [0.25, 0.3) is 0 Å². The predicted molar refractivity (Wildman–Crippen MR) is 81.1 cm³/mol. The Morgan fingerprint density at radius 2 is 1.95 bits per heavy atom. The summed E-state index contributed by atoms with van der Waals surface area (Å²) in [4.78, 5) is 11.4. The Bertz CT molecular complexity index is 654. The molecule has 2 aromatic rings. The summed E-state index contributed by atoms with van der Waals surface area (Å²) in [7, 11) is 1.60. The summed E-state index contributed by atoms with van der Waals surface area (Å²) in [6.45, 7) is 1.83. The summed E-state index contributed by atoms with van der Waals surface area (Å²) in [5.41, 5.74) is 7.31. The van der Waals surface area contributed by atoms with E-state index in [0.29, 0.717) is 12.1 Å². The first kappa shape index (κ1) is 14.8. The molecular formula is C16H17FN2O2. The van der Waals surface area contributed by atoms with Crippen LogP contribution in [0.3, 0.4) is 0 Å². The maximum Gasteiger partial charge on any atom is 0.161 e. The highest BCUT2D eigenvalue weighted by atomic mass is 19.1. The number of carbonyl (C=O) groups is 1. The number of nitrogens with two attached hydrogens (primary N) is 1. The molecule has 0 amide bonds. The lowest BCUT2D eigenvalue weighted by atomic mass is 10.1. The first-order valence-corrected chi connectivity index (χ1v) is 6.48. The number of nitrogen functional groups attached to an aromatic ring is 1. The van der Waals surface area contributed by atoms with E-state index in [1.807, 2.05) is 24.3 Å². The Kier molecular flexibility index (Phi) is 4.42. The van der Waals surface area contributed by atoms with Gasteiger partial charge in [0.2, 0.25) is 0 Å². The van der Waals surface area contributed by atoms with Crippen LogP contribution < -0.4 is 15.8 Å². The first-order chi connectivity index (χ1) is 10.0. The Balaban J connectivity index is 2.15. The van der Waals surface area contributed by atoms with Crippen molar-refractivity contribution in [2.24, 2.45) is 0 Å². The monoisotopic (exact) mass is 288 g/mol. The molecule has 0 bridgehead atoms. The van der Waals surface area contributed by atoms with E-state index in [-0.39, 0.29) is 17.2 Å². The van der Waals surface area contributed by atoms with Crippen LogP contribution >= 0.6 is 0 Å². The normalized spacial score (nSPS) is 10.2. The molecule has 0 aliphatic heterocycles. The van der Waals surface area contributed by atoms with Crippen molar-refractivity contribution in [2.45, 2.75) is 13.5 Å². The summed E-state index contributed by atoms with van der Waals surface area (Å²) in [5, 5.41) is 2.97.